The van der Waals surface area contributed by atoms with Gasteiger partial charge in [0.15, 0.2) is 11.5 Å². The molecule has 1 heterocycles. The molecule has 1 aromatic heterocycles. The Morgan fingerprint density at radius 2 is 1.52 bits per heavy atom. The maximum atomic E-state index is 11.5. The van der Waals surface area contributed by atoms with Gasteiger partial charge in [-0.1, -0.05) is 30.3 Å². The summed E-state index contributed by atoms with van der Waals surface area (Å²) in [6.07, 6.45) is 1.39. The lowest BCUT2D eigenvalue weighted by molar-refractivity contribution is -0.134. The molecular formula is C25H21N3O5. The predicted octanol–water partition coefficient (Wildman–Crippen LogP) is 4.80. The van der Waals surface area contributed by atoms with Crippen molar-refractivity contribution in [1.29, 1.82) is 0 Å². The second-order valence-electron chi connectivity index (χ2n) is 7.15. The first-order valence-corrected chi connectivity index (χ1v) is 10.2. The molecule has 4 rings (SSSR count). The first-order valence-electron chi connectivity index (χ1n) is 10.2. The quantitative estimate of drug-likeness (QED) is 0.321. The average Bonchev–Trinajstić information content (AvgIpc) is 2.79. The molecule has 33 heavy (non-hydrogen) atoms. The Kier molecular flexibility index (Phi) is 6.45. The van der Waals surface area contributed by atoms with Gasteiger partial charge in [0.1, 0.15) is 24.5 Å². The number of rotatable bonds is 7. The van der Waals surface area contributed by atoms with Crippen LogP contribution in [0.3, 0.4) is 0 Å². The molecule has 8 heteroatoms. The van der Waals surface area contributed by atoms with Crippen molar-refractivity contribution in [1.82, 2.24) is 9.97 Å². The summed E-state index contributed by atoms with van der Waals surface area (Å²) in [5, 5.41) is 3.83. The summed E-state index contributed by atoms with van der Waals surface area (Å²) < 4.78 is 16.2. The zero-order valence-electron chi connectivity index (χ0n) is 18.1. The molecule has 1 N–H and O–H groups in total. The van der Waals surface area contributed by atoms with Crippen LogP contribution >= 0.6 is 0 Å². The van der Waals surface area contributed by atoms with Crippen molar-refractivity contribution in [3.8, 4) is 17.2 Å². The van der Waals surface area contributed by atoms with Crippen LogP contribution in [-0.4, -0.2) is 21.9 Å². The number of nitrogens with zero attached hydrogens (tertiary/aromatic N) is 2. The highest BCUT2D eigenvalue weighted by molar-refractivity contribution is 5.94. The summed E-state index contributed by atoms with van der Waals surface area (Å²) in [6.45, 7) is 3.01. The number of nitrogens with one attached hydrogen (secondary N) is 1. The van der Waals surface area contributed by atoms with Crippen LogP contribution in [0.5, 0.6) is 17.2 Å². The Labute approximate surface area is 190 Å². The van der Waals surface area contributed by atoms with E-state index in [9.17, 15) is 9.59 Å². The molecule has 0 unspecified atom stereocenters. The summed E-state index contributed by atoms with van der Waals surface area (Å²) >= 11 is 0. The van der Waals surface area contributed by atoms with Crippen molar-refractivity contribution >= 4 is 34.3 Å². The zero-order chi connectivity index (χ0) is 23.2. The Morgan fingerprint density at radius 1 is 0.848 bits per heavy atom. The molecule has 0 atom stereocenters. The molecule has 0 saturated carbocycles. The van der Waals surface area contributed by atoms with Gasteiger partial charge in [0.25, 0.3) is 0 Å². The number of benzene rings is 3. The van der Waals surface area contributed by atoms with Crippen LogP contribution in [0, 0.1) is 0 Å². The molecule has 3 aromatic carbocycles. The molecule has 0 radical (unpaired) electrons. The number of ether oxygens (including phenoxy) is 3. The molecule has 0 spiro atoms. The van der Waals surface area contributed by atoms with E-state index in [1.54, 1.807) is 6.07 Å². The minimum Gasteiger partial charge on any atom is -0.489 e. The summed E-state index contributed by atoms with van der Waals surface area (Å²) in [5.41, 5.74) is 2.38. The van der Waals surface area contributed by atoms with Crippen LogP contribution in [0.1, 0.15) is 19.4 Å². The van der Waals surface area contributed by atoms with Crippen LogP contribution in [0.2, 0.25) is 0 Å². The van der Waals surface area contributed by atoms with Gasteiger partial charge >= 0.3 is 11.9 Å². The monoisotopic (exact) mass is 443 g/mol. The van der Waals surface area contributed by atoms with Gasteiger partial charge in [-0.3, -0.25) is 9.59 Å². The van der Waals surface area contributed by atoms with Crippen molar-refractivity contribution in [2.24, 2.45) is 0 Å². The zero-order valence-corrected chi connectivity index (χ0v) is 18.1. The largest absolute Gasteiger partial charge is 0.489 e. The molecule has 166 valence electrons. The summed E-state index contributed by atoms with van der Waals surface area (Å²) in [7, 11) is 0. The highest BCUT2D eigenvalue weighted by atomic mass is 16.6. The average molecular weight is 443 g/mol. The Balaban J connectivity index is 1.56. The topological polar surface area (TPSA) is 99.6 Å². The minimum absolute atomic E-state index is 0.104. The SMILES string of the molecule is CC(=O)Oc1cc2ncnc(Nc3ccc(OCc4ccccc4)cc3)c2cc1OC(C)=O. The van der Waals surface area contributed by atoms with E-state index in [0.29, 0.717) is 23.3 Å². The Morgan fingerprint density at radius 3 is 2.18 bits per heavy atom. The number of aromatic nitrogens is 2. The third kappa shape index (κ3) is 5.62. The lowest BCUT2D eigenvalue weighted by Crippen LogP contribution is -2.07. The second-order valence-corrected chi connectivity index (χ2v) is 7.15. The molecular weight excluding hydrogens is 422 g/mol. The molecule has 0 aliphatic heterocycles. The van der Waals surface area contributed by atoms with Gasteiger partial charge in [0.2, 0.25) is 0 Å². The summed E-state index contributed by atoms with van der Waals surface area (Å²) in [5.74, 6) is 0.369. The molecule has 0 aliphatic carbocycles. The van der Waals surface area contributed by atoms with Gasteiger partial charge < -0.3 is 19.5 Å². The van der Waals surface area contributed by atoms with Crippen LogP contribution in [-0.2, 0) is 16.2 Å². The number of carbonyl (C=O) groups excluding carboxylic acids is 2. The second kappa shape index (κ2) is 9.78. The van der Waals surface area contributed by atoms with Crippen molar-refractivity contribution in [2.45, 2.75) is 20.5 Å². The van der Waals surface area contributed by atoms with E-state index in [-0.39, 0.29) is 11.5 Å². The maximum absolute atomic E-state index is 11.5. The number of hydrogen-bond donors (Lipinski definition) is 1. The van der Waals surface area contributed by atoms with E-state index in [1.165, 1.54) is 26.2 Å². The number of hydrogen-bond acceptors (Lipinski definition) is 8. The maximum Gasteiger partial charge on any atom is 0.308 e. The molecule has 0 bridgehead atoms. The number of anilines is 2. The Bertz CT molecular complexity index is 1290. The predicted molar refractivity (Wildman–Crippen MR) is 123 cm³/mol. The third-order valence-corrected chi connectivity index (χ3v) is 4.57. The number of carbonyl (C=O) groups is 2. The molecule has 4 aromatic rings. The fourth-order valence-electron chi connectivity index (χ4n) is 3.14. The fourth-order valence-corrected chi connectivity index (χ4v) is 3.14. The number of esters is 2. The van der Waals surface area contributed by atoms with Crippen molar-refractivity contribution < 1.29 is 23.8 Å². The summed E-state index contributed by atoms with van der Waals surface area (Å²) in [4.78, 5) is 31.5. The molecule has 0 fully saturated rings. The van der Waals surface area contributed by atoms with E-state index in [1.807, 2.05) is 54.6 Å². The lowest BCUT2D eigenvalue weighted by Gasteiger charge is -2.13. The van der Waals surface area contributed by atoms with Gasteiger partial charge in [-0.15, -0.1) is 0 Å². The van der Waals surface area contributed by atoms with Gasteiger partial charge in [0, 0.05) is 31.0 Å². The van der Waals surface area contributed by atoms with Crippen LogP contribution in [0.4, 0.5) is 11.5 Å². The van der Waals surface area contributed by atoms with E-state index in [0.717, 1.165) is 17.0 Å². The highest BCUT2D eigenvalue weighted by Crippen LogP contribution is 2.35. The molecule has 8 nitrogen and oxygen atoms in total. The molecule has 0 saturated heterocycles. The van der Waals surface area contributed by atoms with E-state index >= 15 is 0 Å². The van der Waals surface area contributed by atoms with E-state index in [2.05, 4.69) is 15.3 Å². The van der Waals surface area contributed by atoms with Gasteiger partial charge in [-0.25, -0.2) is 9.97 Å². The summed E-state index contributed by atoms with van der Waals surface area (Å²) in [6, 6.07) is 20.5. The van der Waals surface area contributed by atoms with Crippen molar-refractivity contribution in [2.75, 3.05) is 5.32 Å². The van der Waals surface area contributed by atoms with Crippen LogP contribution in [0.25, 0.3) is 10.9 Å². The first-order chi connectivity index (χ1) is 16.0. The molecule has 0 aliphatic rings. The van der Waals surface area contributed by atoms with Crippen molar-refractivity contribution in [3.05, 3.63) is 78.6 Å². The number of fused-ring (bicyclic) bond motifs is 1. The standard InChI is InChI=1S/C25H21N3O5/c1-16(29)32-23-12-21-22(13-24(23)33-17(2)30)26-15-27-25(21)28-19-8-10-20(11-9-19)31-14-18-6-4-3-5-7-18/h3-13,15H,14H2,1-2H3,(H,26,27,28). The minimum atomic E-state index is -0.541. The van der Waals surface area contributed by atoms with Gasteiger partial charge in [-0.05, 0) is 35.9 Å². The highest BCUT2D eigenvalue weighted by Gasteiger charge is 2.15. The first kappa shape index (κ1) is 21.8. The Hall–Kier alpha value is -4.46. The third-order valence-electron chi connectivity index (χ3n) is 4.57. The van der Waals surface area contributed by atoms with Gasteiger partial charge in [0.05, 0.1) is 5.52 Å². The van der Waals surface area contributed by atoms with Gasteiger partial charge in [-0.2, -0.15) is 0 Å². The molecule has 0 amide bonds. The van der Waals surface area contributed by atoms with E-state index < -0.39 is 11.9 Å². The van der Waals surface area contributed by atoms with Crippen molar-refractivity contribution in [3.63, 3.8) is 0 Å². The fraction of sp³-hybridized carbons (Fsp3) is 0.120. The lowest BCUT2D eigenvalue weighted by atomic mass is 10.2. The van der Waals surface area contributed by atoms with E-state index in [4.69, 9.17) is 14.2 Å². The van der Waals surface area contributed by atoms with Crippen LogP contribution in [0.15, 0.2) is 73.1 Å². The normalized spacial score (nSPS) is 10.5. The smallest absolute Gasteiger partial charge is 0.308 e. The van der Waals surface area contributed by atoms with Crippen LogP contribution < -0.4 is 19.5 Å².